The van der Waals surface area contributed by atoms with Crippen molar-refractivity contribution in [3.05, 3.63) is 40.2 Å². The van der Waals surface area contributed by atoms with Gasteiger partial charge in [0.15, 0.2) is 0 Å². The van der Waals surface area contributed by atoms with E-state index in [0.717, 1.165) is 22.6 Å². The summed E-state index contributed by atoms with van der Waals surface area (Å²) in [6, 6.07) is 7.42. The van der Waals surface area contributed by atoms with Crippen LogP contribution >= 0.6 is 11.3 Å². The highest BCUT2D eigenvalue weighted by Gasteiger charge is 2.25. The first-order chi connectivity index (χ1) is 12.5. The zero-order valence-electron chi connectivity index (χ0n) is 15.0. The number of pyridine rings is 1. The van der Waals surface area contributed by atoms with E-state index >= 15 is 0 Å². The van der Waals surface area contributed by atoms with Crippen LogP contribution in [-0.4, -0.2) is 40.9 Å². The summed E-state index contributed by atoms with van der Waals surface area (Å²) in [6.07, 6.45) is 3.65. The Labute approximate surface area is 157 Å². The number of aromatic nitrogens is 1. The third-order valence-corrected chi connectivity index (χ3v) is 5.30. The van der Waals surface area contributed by atoms with E-state index in [4.69, 9.17) is 4.74 Å². The Bertz CT molecular complexity index is 765. The number of anilines is 1. The van der Waals surface area contributed by atoms with E-state index in [9.17, 15) is 9.59 Å². The molecule has 26 heavy (non-hydrogen) atoms. The zero-order valence-corrected chi connectivity index (χ0v) is 15.8. The predicted octanol–water partition coefficient (Wildman–Crippen LogP) is 3.48. The SMILES string of the molecule is CCC(=O)Nc1ccc(OC2CCN(C(=O)c3ccc(C)s3)CC2)nc1. The third-order valence-electron chi connectivity index (χ3n) is 4.31. The van der Waals surface area contributed by atoms with E-state index in [-0.39, 0.29) is 17.9 Å². The number of carbonyl (C=O) groups is 2. The van der Waals surface area contributed by atoms with Crippen LogP contribution < -0.4 is 10.1 Å². The fraction of sp³-hybridized carbons (Fsp3) is 0.421. The average molecular weight is 373 g/mol. The van der Waals surface area contributed by atoms with Crippen LogP contribution in [-0.2, 0) is 4.79 Å². The molecule has 0 saturated carbocycles. The molecule has 0 bridgehead atoms. The van der Waals surface area contributed by atoms with Gasteiger partial charge in [-0.25, -0.2) is 4.98 Å². The number of rotatable bonds is 5. The summed E-state index contributed by atoms with van der Waals surface area (Å²) >= 11 is 1.54. The van der Waals surface area contributed by atoms with Gasteiger partial charge in [-0.1, -0.05) is 6.92 Å². The molecule has 7 heteroatoms. The molecule has 2 amide bonds. The minimum absolute atomic E-state index is 0.0431. The third kappa shape index (κ3) is 4.60. The second kappa shape index (κ2) is 8.31. The van der Waals surface area contributed by atoms with Crippen molar-refractivity contribution in [2.75, 3.05) is 18.4 Å². The minimum Gasteiger partial charge on any atom is -0.474 e. The molecule has 0 atom stereocenters. The van der Waals surface area contributed by atoms with Crippen molar-refractivity contribution in [3.8, 4) is 5.88 Å². The monoisotopic (exact) mass is 373 g/mol. The summed E-state index contributed by atoms with van der Waals surface area (Å²) in [4.78, 5) is 31.9. The normalized spacial score (nSPS) is 14.9. The van der Waals surface area contributed by atoms with Gasteiger partial charge in [-0.3, -0.25) is 9.59 Å². The summed E-state index contributed by atoms with van der Waals surface area (Å²) in [6.45, 7) is 5.18. The summed E-state index contributed by atoms with van der Waals surface area (Å²) in [5.41, 5.74) is 0.663. The largest absolute Gasteiger partial charge is 0.474 e. The summed E-state index contributed by atoms with van der Waals surface area (Å²) in [5.74, 6) is 0.604. The zero-order chi connectivity index (χ0) is 18.5. The molecule has 1 N–H and O–H groups in total. The molecule has 0 unspecified atom stereocenters. The van der Waals surface area contributed by atoms with Gasteiger partial charge in [-0.05, 0) is 25.1 Å². The smallest absolute Gasteiger partial charge is 0.263 e. The van der Waals surface area contributed by atoms with Crippen LogP contribution in [0.1, 0.15) is 40.7 Å². The van der Waals surface area contributed by atoms with E-state index in [2.05, 4.69) is 10.3 Å². The van der Waals surface area contributed by atoms with Gasteiger partial charge in [0.05, 0.1) is 16.8 Å². The maximum absolute atomic E-state index is 12.5. The van der Waals surface area contributed by atoms with Crippen molar-refractivity contribution in [2.45, 2.75) is 39.2 Å². The first-order valence-corrected chi connectivity index (χ1v) is 9.65. The summed E-state index contributed by atoms with van der Waals surface area (Å²) in [7, 11) is 0. The minimum atomic E-state index is -0.0431. The maximum atomic E-state index is 12.5. The first-order valence-electron chi connectivity index (χ1n) is 8.83. The lowest BCUT2D eigenvalue weighted by Crippen LogP contribution is -2.41. The number of hydrogen-bond donors (Lipinski definition) is 1. The molecule has 0 aliphatic carbocycles. The number of nitrogens with one attached hydrogen (secondary N) is 1. The van der Waals surface area contributed by atoms with E-state index < -0.39 is 0 Å². The van der Waals surface area contributed by atoms with Gasteiger partial charge < -0.3 is 15.0 Å². The van der Waals surface area contributed by atoms with Crippen LogP contribution in [0.15, 0.2) is 30.5 Å². The van der Waals surface area contributed by atoms with Crippen molar-refractivity contribution >= 4 is 28.8 Å². The van der Waals surface area contributed by atoms with Gasteiger partial charge in [0, 0.05) is 43.3 Å². The second-order valence-electron chi connectivity index (χ2n) is 6.31. The standard InChI is InChI=1S/C19H23N3O3S/c1-3-17(23)21-14-5-7-18(20-12-14)25-15-8-10-22(11-9-15)19(24)16-6-4-13(2)26-16/h4-7,12,15H,3,8-11H2,1-2H3,(H,21,23). The second-order valence-corrected chi connectivity index (χ2v) is 7.59. The van der Waals surface area contributed by atoms with Gasteiger partial charge in [-0.2, -0.15) is 0 Å². The highest BCUT2D eigenvalue weighted by Crippen LogP contribution is 2.22. The maximum Gasteiger partial charge on any atom is 0.263 e. The van der Waals surface area contributed by atoms with Crippen molar-refractivity contribution in [1.82, 2.24) is 9.88 Å². The molecule has 1 fully saturated rings. The van der Waals surface area contributed by atoms with Gasteiger partial charge in [-0.15, -0.1) is 11.3 Å². The molecular weight excluding hydrogens is 350 g/mol. The van der Waals surface area contributed by atoms with Crippen LogP contribution in [0.5, 0.6) is 5.88 Å². The van der Waals surface area contributed by atoms with Gasteiger partial charge in [0.2, 0.25) is 11.8 Å². The molecule has 2 aromatic rings. The Balaban J connectivity index is 1.49. The summed E-state index contributed by atoms with van der Waals surface area (Å²) in [5, 5.41) is 2.76. The van der Waals surface area contributed by atoms with Crippen LogP contribution in [0.2, 0.25) is 0 Å². The van der Waals surface area contributed by atoms with E-state index in [1.165, 1.54) is 11.3 Å². The van der Waals surface area contributed by atoms with Crippen LogP contribution in [0.3, 0.4) is 0 Å². The van der Waals surface area contributed by atoms with Crippen molar-refractivity contribution in [1.29, 1.82) is 0 Å². The predicted molar refractivity (Wildman–Crippen MR) is 102 cm³/mol. The fourth-order valence-electron chi connectivity index (χ4n) is 2.83. The molecular formula is C19H23N3O3S. The quantitative estimate of drug-likeness (QED) is 0.871. The number of aryl methyl sites for hydroxylation is 1. The van der Waals surface area contributed by atoms with Crippen LogP contribution in [0.4, 0.5) is 5.69 Å². The number of piperidine rings is 1. The Morgan fingerprint density at radius 1 is 1.27 bits per heavy atom. The number of carbonyl (C=O) groups excluding carboxylic acids is 2. The van der Waals surface area contributed by atoms with Crippen molar-refractivity contribution in [3.63, 3.8) is 0 Å². The molecule has 0 radical (unpaired) electrons. The Morgan fingerprint density at radius 3 is 2.62 bits per heavy atom. The number of thiophene rings is 1. The molecule has 138 valence electrons. The van der Waals surface area contributed by atoms with E-state index in [1.54, 1.807) is 25.3 Å². The van der Waals surface area contributed by atoms with Crippen molar-refractivity contribution < 1.29 is 14.3 Å². The van der Waals surface area contributed by atoms with Crippen LogP contribution in [0, 0.1) is 6.92 Å². The lowest BCUT2D eigenvalue weighted by atomic mass is 10.1. The molecule has 0 aromatic carbocycles. The molecule has 1 aliphatic rings. The Kier molecular flexibility index (Phi) is 5.88. The van der Waals surface area contributed by atoms with Crippen molar-refractivity contribution in [2.24, 2.45) is 0 Å². The number of hydrogen-bond acceptors (Lipinski definition) is 5. The highest BCUT2D eigenvalue weighted by atomic mass is 32.1. The molecule has 6 nitrogen and oxygen atoms in total. The molecule has 1 aliphatic heterocycles. The van der Waals surface area contributed by atoms with E-state index in [0.29, 0.717) is 31.1 Å². The molecule has 1 saturated heterocycles. The summed E-state index contributed by atoms with van der Waals surface area (Å²) < 4.78 is 5.92. The topological polar surface area (TPSA) is 71.5 Å². The average Bonchev–Trinajstić information content (AvgIpc) is 3.09. The lowest BCUT2D eigenvalue weighted by molar-refractivity contribution is -0.115. The van der Waals surface area contributed by atoms with Crippen LogP contribution in [0.25, 0.3) is 0 Å². The lowest BCUT2D eigenvalue weighted by Gasteiger charge is -2.31. The molecule has 3 heterocycles. The van der Waals surface area contributed by atoms with Gasteiger partial charge in [0.1, 0.15) is 6.10 Å². The van der Waals surface area contributed by atoms with E-state index in [1.807, 2.05) is 24.0 Å². The molecule has 2 aromatic heterocycles. The highest BCUT2D eigenvalue weighted by molar-refractivity contribution is 7.13. The fourth-order valence-corrected chi connectivity index (χ4v) is 3.66. The number of likely N-dealkylation sites (tertiary alicyclic amines) is 1. The number of amides is 2. The molecule has 3 rings (SSSR count). The molecule has 0 spiro atoms. The Morgan fingerprint density at radius 2 is 2.04 bits per heavy atom. The Hall–Kier alpha value is -2.41. The number of nitrogens with zero attached hydrogens (tertiary/aromatic N) is 2. The van der Waals surface area contributed by atoms with Gasteiger partial charge >= 0.3 is 0 Å². The van der Waals surface area contributed by atoms with Gasteiger partial charge in [0.25, 0.3) is 5.91 Å². The first kappa shape index (κ1) is 18.4. The number of ether oxygens (including phenoxy) is 1.